The van der Waals surface area contributed by atoms with Crippen LogP contribution in [-0.4, -0.2) is 21.7 Å². The van der Waals surface area contributed by atoms with Crippen molar-refractivity contribution in [3.63, 3.8) is 0 Å². The Kier molecular flexibility index (Phi) is 2.69. The number of carbonyl (C=O) groups is 1. The molecule has 0 aliphatic heterocycles. The zero-order valence-corrected chi connectivity index (χ0v) is 13.2. The maximum Gasteiger partial charge on any atom is 0.511 e. The average molecular weight is 362 g/mol. The summed E-state index contributed by atoms with van der Waals surface area (Å²) >= 11 is 1.10. The summed E-state index contributed by atoms with van der Waals surface area (Å²) < 4.78 is 34.8. The topological polar surface area (TPSA) is 80.4 Å². The summed E-state index contributed by atoms with van der Waals surface area (Å²) in [7, 11) is 0. The number of rotatable bonds is 2. The van der Waals surface area contributed by atoms with Gasteiger partial charge >= 0.3 is 6.16 Å². The van der Waals surface area contributed by atoms with Gasteiger partial charge in [-0.15, -0.1) is 11.3 Å². The van der Waals surface area contributed by atoms with E-state index in [1.165, 1.54) is 4.40 Å². The Morgan fingerprint density at radius 1 is 1.40 bits per heavy atom. The van der Waals surface area contributed by atoms with Gasteiger partial charge in [0.05, 0.1) is 33.2 Å². The summed E-state index contributed by atoms with van der Waals surface area (Å²) in [6, 6.07) is 0.832. The molecule has 25 heavy (non-hydrogen) atoms. The second-order valence-corrected chi connectivity index (χ2v) is 6.80. The van der Waals surface area contributed by atoms with Crippen LogP contribution in [0.15, 0.2) is 21.2 Å². The van der Waals surface area contributed by atoms with Crippen LogP contribution in [0.2, 0.25) is 0 Å². The van der Waals surface area contributed by atoms with Gasteiger partial charge in [0.2, 0.25) is 11.2 Å². The molecule has 0 unspecified atom stereocenters. The van der Waals surface area contributed by atoms with Crippen LogP contribution in [-0.2, 0) is 0 Å². The van der Waals surface area contributed by atoms with Gasteiger partial charge in [-0.3, -0.25) is 14.2 Å². The first-order valence-electron chi connectivity index (χ1n) is 7.44. The molecule has 5 rings (SSSR count). The van der Waals surface area contributed by atoms with Crippen LogP contribution < -0.4 is 15.5 Å². The first-order valence-corrected chi connectivity index (χ1v) is 8.32. The summed E-state index contributed by atoms with van der Waals surface area (Å²) in [5.41, 5.74) is -0.0856. The van der Waals surface area contributed by atoms with Gasteiger partial charge in [-0.25, -0.2) is 13.6 Å². The lowest BCUT2D eigenvalue weighted by Gasteiger charge is -2.06. The van der Waals surface area contributed by atoms with E-state index in [0.29, 0.717) is 10.9 Å². The SMILES string of the molecule is O=C(O)Oc1c(=O)c2cc(F)c(F)c3c(=NC4CC4)c4csc1n4c23. The number of hydrogen-bond acceptors (Lipinski definition) is 5. The van der Waals surface area contributed by atoms with Crippen molar-refractivity contribution < 1.29 is 23.4 Å². The van der Waals surface area contributed by atoms with E-state index in [-0.39, 0.29) is 27.2 Å². The molecular formula is C16H8F2N2O4S. The van der Waals surface area contributed by atoms with Crippen LogP contribution in [0, 0.1) is 11.6 Å². The van der Waals surface area contributed by atoms with Crippen LogP contribution in [0.5, 0.6) is 5.75 Å². The molecule has 3 aromatic heterocycles. The Labute approximate surface area is 140 Å². The number of halogens is 2. The highest BCUT2D eigenvalue weighted by atomic mass is 32.1. The molecule has 3 heterocycles. The number of hydrogen-bond donors (Lipinski definition) is 1. The fourth-order valence-corrected chi connectivity index (χ4v) is 4.12. The molecule has 1 N–H and O–H groups in total. The summed E-state index contributed by atoms with van der Waals surface area (Å²) in [5.74, 6) is -2.66. The fraction of sp³-hybridized carbons (Fsp3) is 0.188. The van der Waals surface area contributed by atoms with Gasteiger partial charge in [-0.1, -0.05) is 0 Å². The van der Waals surface area contributed by atoms with Crippen molar-refractivity contribution in [1.29, 1.82) is 0 Å². The standard InChI is InChI=1S/C16H8F2N2O4S/c17-7-3-6-12-9(10(7)18)11(19-5-1-2-5)8-4-25-15(20(8)12)14(13(6)21)24-16(22)23/h3-5H,1-2H2,(H,22,23). The van der Waals surface area contributed by atoms with Crippen LogP contribution in [0.3, 0.4) is 0 Å². The molecule has 1 aliphatic rings. The Bertz CT molecular complexity index is 1310. The third kappa shape index (κ3) is 1.84. The van der Waals surface area contributed by atoms with Gasteiger partial charge in [0.1, 0.15) is 4.83 Å². The summed E-state index contributed by atoms with van der Waals surface area (Å²) in [6.45, 7) is 0. The number of thiazole rings is 1. The lowest BCUT2D eigenvalue weighted by molar-refractivity contribution is 0.144. The number of carboxylic acid groups (broad SMARTS) is 1. The van der Waals surface area contributed by atoms with Gasteiger partial charge in [-0.05, 0) is 18.9 Å². The van der Waals surface area contributed by atoms with E-state index in [1.54, 1.807) is 5.38 Å². The summed E-state index contributed by atoms with van der Waals surface area (Å²) in [5, 5.41) is 10.6. The van der Waals surface area contributed by atoms with E-state index >= 15 is 0 Å². The molecule has 4 aromatic rings. The molecule has 0 atom stereocenters. The zero-order valence-electron chi connectivity index (χ0n) is 12.4. The molecule has 0 amide bonds. The molecular weight excluding hydrogens is 354 g/mol. The van der Waals surface area contributed by atoms with Gasteiger partial charge in [-0.2, -0.15) is 0 Å². The fourth-order valence-electron chi connectivity index (χ4n) is 3.14. The van der Waals surface area contributed by atoms with E-state index < -0.39 is 29.0 Å². The largest absolute Gasteiger partial charge is 0.511 e. The average Bonchev–Trinajstić information content (AvgIpc) is 3.18. The molecule has 1 aliphatic carbocycles. The molecule has 0 bridgehead atoms. The predicted octanol–water partition coefficient (Wildman–Crippen LogP) is 2.94. The van der Waals surface area contributed by atoms with Gasteiger partial charge < -0.3 is 9.84 Å². The number of pyridine rings is 1. The Morgan fingerprint density at radius 3 is 2.84 bits per heavy atom. The highest BCUT2D eigenvalue weighted by molar-refractivity contribution is 7.16. The molecule has 0 radical (unpaired) electrons. The van der Waals surface area contributed by atoms with Crippen molar-refractivity contribution in [3.05, 3.63) is 38.7 Å². The molecule has 0 saturated heterocycles. The van der Waals surface area contributed by atoms with Crippen molar-refractivity contribution in [2.75, 3.05) is 0 Å². The Balaban J connectivity index is 2.09. The second kappa shape index (κ2) is 4.63. The van der Waals surface area contributed by atoms with Crippen LogP contribution in [0.25, 0.3) is 26.6 Å². The quantitative estimate of drug-likeness (QED) is 0.556. The third-order valence-corrected chi connectivity index (χ3v) is 5.25. The number of benzene rings is 1. The number of nitrogens with zero attached hydrogens (tertiary/aromatic N) is 2. The molecule has 0 spiro atoms. The van der Waals surface area contributed by atoms with Gasteiger partial charge in [0, 0.05) is 5.38 Å². The molecule has 1 saturated carbocycles. The minimum absolute atomic E-state index is 0.0475. The zero-order chi connectivity index (χ0) is 17.5. The highest BCUT2D eigenvalue weighted by Gasteiger charge is 2.28. The lowest BCUT2D eigenvalue weighted by atomic mass is 10.1. The maximum atomic E-state index is 14.5. The predicted molar refractivity (Wildman–Crippen MR) is 86.1 cm³/mol. The highest BCUT2D eigenvalue weighted by Crippen LogP contribution is 2.35. The molecule has 126 valence electrons. The lowest BCUT2D eigenvalue weighted by Crippen LogP contribution is -2.14. The molecule has 1 fully saturated rings. The van der Waals surface area contributed by atoms with E-state index in [4.69, 9.17) is 5.11 Å². The van der Waals surface area contributed by atoms with Gasteiger partial charge in [0.15, 0.2) is 11.6 Å². The molecule has 1 aromatic carbocycles. The third-order valence-electron chi connectivity index (χ3n) is 4.31. The molecule has 6 nitrogen and oxygen atoms in total. The summed E-state index contributed by atoms with van der Waals surface area (Å²) in [4.78, 5) is 28.3. The maximum absolute atomic E-state index is 14.5. The monoisotopic (exact) mass is 362 g/mol. The summed E-state index contributed by atoms with van der Waals surface area (Å²) in [6.07, 6.45) is 0.0954. The van der Waals surface area contributed by atoms with E-state index in [0.717, 1.165) is 30.2 Å². The van der Waals surface area contributed by atoms with E-state index in [2.05, 4.69) is 9.73 Å². The normalized spacial score (nSPS) is 15.8. The first-order chi connectivity index (χ1) is 12.0. The van der Waals surface area contributed by atoms with Gasteiger partial charge in [0.25, 0.3) is 0 Å². The second-order valence-electron chi connectivity index (χ2n) is 5.94. The van der Waals surface area contributed by atoms with Crippen LogP contribution in [0.4, 0.5) is 13.6 Å². The minimum atomic E-state index is -1.65. The number of ether oxygens (including phenoxy) is 1. The smallest absolute Gasteiger partial charge is 0.449 e. The Hall–Kier alpha value is -2.81. The van der Waals surface area contributed by atoms with Crippen molar-refractivity contribution >= 4 is 44.1 Å². The minimum Gasteiger partial charge on any atom is -0.449 e. The van der Waals surface area contributed by atoms with Crippen molar-refractivity contribution in [2.45, 2.75) is 18.9 Å². The van der Waals surface area contributed by atoms with Crippen LogP contribution >= 0.6 is 11.3 Å². The van der Waals surface area contributed by atoms with Crippen molar-refractivity contribution in [3.8, 4) is 5.75 Å². The number of aromatic nitrogens is 1. The van der Waals surface area contributed by atoms with Crippen molar-refractivity contribution in [1.82, 2.24) is 4.40 Å². The Morgan fingerprint density at radius 2 is 2.16 bits per heavy atom. The van der Waals surface area contributed by atoms with Crippen LogP contribution in [0.1, 0.15) is 12.8 Å². The van der Waals surface area contributed by atoms with E-state index in [9.17, 15) is 18.4 Å². The van der Waals surface area contributed by atoms with E-state index in [1.807, 2.05) is 0 Å². The molecule has 9 heteroatoms. The first kappa shape index (κ1) is 14.5. The van der Waals surface area contributed by atoms with Crippen molar-refractivity contribution in [2.24, 2.45) is 4.99 Å².